The molecular weight excluding hydrogens is 455 g/mol. The van der Waals surface area contributed by atoms with Crippen molar-refractivity contribution in [3.63, 3.8) is 0 Å². The molecule has 0 aliphatic carbocycles. The van der Waals surface area contributed by atoms with E-state index in [1.807, 2.05) is 0 Å². The summed E-state index contributed by atoms with van der Waals surface area (Å²) in [5.41, 5.74) is 1.03. The van der Waals surface area contributed by atoms with Crippen LogP contribution in [0.25, 0.3) is 0 Å². The van der Waals surface area contributed by atoms with Gasteiger partial charge in [0.05, 0.1) is 13.3 Å². The molecule has 1 atom stereocenters. The number of halogens is 1. The van der Waals surface area contributed by atoms with Crippen LogP contribution in [0.1, 0.15) is 12.0 Å². The van der Waals surface area contributed by atoms with Crippen LogP contribution in [0.4, 0.5) is 10.1 Å². The molecule has 3 rings (SSSR count). The lowest BCUT2D eigenvalue weighted by Crippen LogP contribution is -2.28. The van der Waals surface area contributed by atoms with Crippen molar-refractivity contribution in [2.45, 2.75) is 11.7 Å². The molecule has 0 aromatic heterocycles. The van der Waals surface area contributed by atoms with Gasteiger partial charge in [0.1, 0.15) is 11.1 Å². The van der Waals surface area contributed by atoms with Crippen LogP contribution in [0.5, 0.6) is 11.5 Å². The first kappa shape index (κ1) is 23.7. The SMILES string of the molecule is COc1cc(/C=N\N=C2\NC(=O)[C@H](CC(=O)Nc3ccc(F)cc3)S2)ccc1OCC(=O)O. The monoisotopic (exact) mass is 474 g/mol. The van der Waals surface area contributed by atoms with E-state index in [1.54, 1.807) is 12.1 Å². The van der Waals surface area contributed by atoms with Crippen molar-refractivity contribution < 1.29 is 33.4 Å². The number of carbonyl (C=O) groups is 3. The highest BCUT2D eigenvalue weighted by Crippen LogP contribution is 2.27. The van der Waals surface area contributed by atoms with Crippen LogP contribution in [0.3, 0.4) is 0 Å². The van der Waals surface area contributed by atoms with Gasteiger partial charge in [0.25, 0.3) is 0 Å². The van der Waals surface area contributed by atoms with Crippen LogP contribution in [0.15, 0.2) is 52.7 Å². The molecule has 1 saturated heterocycles. The molecule has 3 N–H and O–H groups in total. The smallest absolute Gasteiger partial charge is 0.341 e. The number of anilines is 1. The summed E-state index contributed by atoms with van der Waals surface area (Å²) in [4.78, 5) is 34.9. The maximum absolute atomic E-state index is 12.9. The van der Waals surface area contributed by atoms with Gasteiger partial charge in [0, 0.05) is 12.1 Å². The second-order valence-corrected chi connectivity index (χ2v) is 7.79. The Morgan fingerprint density at radius 2 is 2.00 bits per heavy atom. The van der Waals surface area contributed by atoms with E-state index in [4.69, 9.17) is 14.6 Å². The summed E-state index contributed by atoms with van der Waals surface area (Å²) < 4.78 is 23.3. The molecule has 0 saturated carbocycles. The van der Waals surface area contributed by atoms with Gasteiger partial charge < -0.3 is 25.2 Å². The quantitative estimate of drug-likeness (QED) is 0.374. The van der Waals surface area contributed by atoms with Crippen LogP contribution in [0, 0.1) is 5.82 Å². The Balaban J connectivity index is 1.56. The minimum atomic E-state index is -1.11. The zero-order valence-electron chi connectivity index (χ0n) is 17.3. The summed E-state index contributed by atoms with van der Waals surface area (Å²) in [6, 6.07) is 10.1. The number of aliphatic carboxylic acids is 1. The standard InChI is InChI=1S/C21H19FN4O6S/c1-31-16-8-12(2-7-15(16)32-11-19(28)29)10-23-26-21-25-20(30)17(33-21)9-18(27)24-14-5-3-13(22)4-6-14/h2-8,10,17H,9,11H2,1H3,(H,24,27)(H,28,29)(H,25,26,30)/b23-10-/t17-/m0/s1. The molecular formula is C21H19FN4O6S. The second-order valence-electron chi connectivity index (χ2n) is 6.60. The molecule has 10 nitrogen and oxygen atoms in total. The number of rotatable bonds is 9. The van der Waals surface area contributed by atoms with Gasteiger partial charge in [-0.1, -0.05) is 11.8 Å². The number of amidine groups is 1. The summed E-state index contributed by atoms with van der Waals surface area (Å²) in [6.45, 7) is -0.503. The first-order valence-corrected chi connectivity index (χ1v) is 10.4. The van der Waals surface area contributed by atoms with E-state index >= 15 is 0 Å². The number of carboxylic acid groups (broad SMARTS) is 1. The Bertz CT molecular complexity index is 1110. The average molecular weight is 474 g/mol. The highest BCUT2D eigenvalue weighted by molar-refractivity contribution is 8.15. The average Bonchev–Trinajstić information content (AvgIpc) is 3.12. The Morgan fingerprint density at radius 3 is 2.70 bits per heavy atom. The van der Waals surface area contributed by atoms with Gasteiger partial charge in [-0.15, -0.1) is 5.10 Å². The van der Waals surface area contributed by atoms with E-state index in [0.29, 0.717) is 17.0 Å². The summed E-state index contributed by atoms with van der Waals surface area (Å²) in [5.74, 6) is -1.70. The number of methoxy groups -OCH3 is 1. The number of nitrogens with one attached hydrogen (secondary N) is 2. The van der Waals surface area contributed by atoms with Gasteiger partial charge >= 0.3 is 5.97 Å². The number of ether oxygens (including phenoxy) is 2. The van der Waals surface area contributed by atoms with Crippen molar-refractivity contribution in [1.82, 2.24) is 5.32 Å². The molecule has 0 spiro atoms. The van der Waals surface area contributed by atoms with Crippen molar-refractivity contribution in [3.8, 4) is 11.5 Å². The van der Waals surface area contributed by atoms with E-state index in [1.165, 1.54) is 43.7 Å². The fraction of sp³-hybridized carbons (Fsp3) is 0.190. The van der Waals surface area contributed by atoms with Gasteiger partial charge in [-0.25, -0.2) is 9.18 Å². The zero-order chi connectivity index (χ0) is 23.8. The molecule has 1 aliphatic rings. The van der Waals surface area contributed by atoms with Crippen molar-refractivity contribution in [2.24, 2.45) is 10.2 Å². The van der Waals surface area contributed by atoms with E-state index in [2.05, 4.69) is 20.8 Å². The molecule has 1 aliphatic heterocycles. The number of nitrogens with zero attached hydrogens (tertiary/aromatic N) is 2. The van der Waals surface area contributed by atoms with E-state index in [-0.39, 0.29) is 23.2 Å². The third-order valence-corrected chi connectivity index (χ3v) is 5.24. The molecule has 172 valence electrons. The van der Waals surface area contributed by atoms with Gasteiger partial charge in [0.2, 0.25) is 11.8 Å². The van der Waals surface area contributed by atoms with Crippen molar-refractivity contribution >= 4 is 46.6 Å². The van der Waals surface area contributed by atoms with Gasteiger partial charge in [-0.05, 0) is 48.0 Å². The highest BCUT2D eigenvalue weighted by atomic mass is 32.2. The number of carbonyl (C=O) groups excluding carboxylic acids is 2. The lowest BCUT2D eigenvalue weighted by Gasteiger charge is -2.09. The lowest BCUT2D eigenvalue weighted by molar-refractivity contribution is -0.139. The third kappa shape index (κ3) is 7.04. The normalized spacial score (nSPS) is 16.6. The number of hydrogen-bond acceptors (Lipinski definition) is 8. The van der Waals surface area contributed by atoms with Crippen LogP contribution < -0.4 is 20.1 Å². The molecule has 2 aromatic carbocycles. The Morgan fingerprint density at radius 1 is 1.24 bits per heavy atom. The topological polar surface area (TPSA) is 139 Å². The van der Waals surface area contributed by atoms with Crippen LogP contribution >= 0.6 is 11.8 Å². The molecule has 0 bridgehead atoms. The predicted octanol–water partition coefficient (Wildman–Crippen LogP) is 2.25. The van der Waals surface area contributed by atoms with E-state index in [9.17, 15) is 18.8 Å². The van der Waals surface area contributed by atoms with Crippen molar-refractivity contribution in [3.05, 3.63) is 53.8 Å². The minimum absolute atomic E-state index is 0.0917. The van der Waals surface area contributed by atoms with Crippen LogP contribution in [-0.2, 0) is 14.4 Å². The summed E-state index contributed by atoms with van der Waals surface area (Å²) >= 11 is 1.07. The molecule has 1 heterocycles. The van der Waals surface area contributed by atoms with Crippen LogP contribution in [0.2, 0.25) is 0 Å². The van der Waals surface area contributed by atoms with Crippen molar-refractivity contribution in [2.75, 3.05) is 19.0 Å². The first-order valence-electron chi connectivity index (χ1n) is 9.50. The summed E-state index contributed by atoms with van der Waals surface area (Å²) in [7, 11) is 1.42. The summed E-state index contributed by atoms with van der Waals surface area (Å²) in [5, 5.41) is 21.3. The molecule has 0 radical (unpaired) electrons. The Kier molecular flexibility index (Phi) is 7.97. The summed E-state index contributed by atoms with van der Waals surface area (Å²) in [6.07, 6.45) is 1.32. The number of thioether (sulfide) groups is 1. The van der Waals surface area contributed by atoms with E-state index in [0.717, 1.165) is 11.8 Å². The molecule has 33 heavy (non-hydrogen) atoms. The fourth-order valence-corrected chi connectivity index (χ4v) is 3.60. The Hall–Kier alpha value is -3.93. The second kappa shape index (κ2) is 11.1. The maximum Gasteiger partial charge on any atom is 0.341 e. The minimum Gasteiger partial charge on any atom is -0.493 e. The zero-order valence-corrected chi connectivity index (χ0v) is 18.1. The van der Waals surface area contributed by atoms with Gasteiger partial charge in [-0.2, -0.15) is 5.10 Å². The molecule has 12 heteroatoms. The molecule has 0 unspecified atom stereocenters. The predicted molar refractivity (Wildman–Crippen MR) is 120 cm³/mol. The number of amides is 2. The fourth-order valence-electron chi connectivity index (χ4n) is 2.67. The van der Waals surface area contributed by atoms with Gasteiger partial charge in [-0.3, -0.25) is 9.59 Å². The maximum atomic E-state index is 12.9. The van der Waals surface area contributed by atoms with Gasteiger partial charge in [0.15, 0.2) is 23.3 Å². The Labute approximate surface area is 191 Å². The molecule has 2 amide bonds. The lowest BCUT2D eigenvalue weighted by atomic mass is 10.2. The first-order chi connectivity index (χ1) is 15.8. The van der Waals surface area contributed by atoms with Crippen LogP contribution in [-0.4, -0.2) is 53.2 Å². The number of hydrogen-bond donors (Lipinski definition) is 3. The largest absolute Gasteiger partial charge is 0.493 e. The van der Waals surface area contributed by atoms with E-state index < -0.39 is 29.6 Å². The number of carboxylic acids is 1. The van der Waals surface area contributed by atoms with Crippen molar-refractivity contribution in [1.29, 1.82) is 0 Å². The highest BCUT2D eigenvalue weighted by Gasteiger charge is 2.32. The molecule has 2 aromatic rings. The molecule has 1 fully saturated rings. The third-order valence-electron chi connectivity index (χ3n) is 4.17. The number of benzene rings is 2.